The topological polar surface area (TPSA) is 157 Å². The third-order valence-electron chi connectivity index (χ3n) is 12.9. The van der Waals surface area contributed by atoms with Crippen LogP contribution in [0.2, 0.25) is 5.02 Å². The largest absolute Gasteiger partial charge is 0.507 e. The van der Waals surface area contributed by atoms with Gasteiger partial charge in [0.05, 0.1) is 57.5 Å². The number of rotatable bonds is 7. The lowest BCUT2D eigenvalue weighted by molar-refractivity contribution is -0.172. The van der Waals surface area contributed by atoms with Crippen molar-refractivity contribution in [2.24, 2.45) is 0 Å². The zero-order chi connectivity index (χ0) is 44.2. The fourth-order valence-electron chi connectivity index (χ4n) is 9.62. The van der Waals surface area contributed by atoms with E-state index in [9.17, 15) is 29.0 Å². The van der Waals surface area contributed by atoms with Gasteiger partial charge in [0.2, 0.25) is 0 Å². The Morgan fingerprint density at radius 3 is 2.63 bits per heavy atom. The van der Waals surface area contributed by atoms with E-state index in [2.05, 4.69) is 16.5 Å². The molecule has 6 aromatic rings. The predicted octanol–water partition coefficient (Wildman–Crippen LogP) is 6.93. The van der Waals surface area contributed by atoms with Gasteiger partial charge in [-0.2, -0.15) is 0 Å². The molecule has 1 saturated heterocycles. The number of halogens is 3. The van der Waals surface area contributed by atoms with E-state index in [0.717, 1.165) is 22.6 Å². The van der Waals surface area contributed by atoms with Gasteiger partial charge in [0.25, 0.3) is 11.5 Å². The molecule has 1 fully saturated rings. The highest BCUT2D eigenvalue weighted by Crippen LogP contribution is 2.47. The van der Waals surface area contributed by atoms with Gasteiger partial charge in [-0.15, -0.1) is 0 Å². The third kappa shape index (κ3) is 6.07. The number of ether oxygens (including phenoxy) is 3. The molecule has 0 radical (unpaired) electrons. The maximum absolute atomic E-state index is 16.2. The van der Waals surface area contributed by atoms with E-state index in [-0.39, 0.29) is 101 Å². The summed E-state index contributed by atoms with van der Waals surface area (Å²) in [6.45, 7) is 10.5. The van der Waals surface area contributed by atoms with Crippen molar-refractivity contribution in [2.75, 3.05) is 31.2 Å². The number of aliphatic hydroxyl groups is 1. The van der Waals surface area contributed by atoms with Crippen LogP contribution < -0.4 is 19.9 Å². The van der Waals surface area contributed by atoms with Crippen LogP contribution in [0.4, 0.5) is 14.5 Å². The van der Waals surface area contributed by atoms with Crippen molar-refractivity contribution in [3.63, 3.8) is 0 Å². The number of hydrogen-bond donors (Lipinski definition) is 2. The summed E-state index contributed by atoms with van der Waals surface area (Å²) in [6, 6.07) is 11.7. The van der Waals surface area contributed by atoms with Gasteiger partial charge in [0.1, 0.15) is 42.7 Å². The smallest absolute Gasteiger partial charge is 0.343 e. The molecule has 3 unspecified atom stereocenters. The number of phenols is 1. The fraction of sp³-hybridized carbons (Fsp3) is 0.298. The average Bonchev–Trinajstić information content (AvgIpc) is 3.64. The number of phenolic OH excluding ortho intramolecular Hbond substituents is 1. The van der Waals surface area contributed by atoms with Crippen LogP contribution in [0.3, 0.4) is 0 Å². The summed E-state index contributed by atoms with van der Waals surface area (Å²) < 4.78 is 50.2. The van der Waals surface area contributed by atoms with Crippen LogP contribution in [0.15, 0.2) is 71.7 Å². The van der Waals surface area contributed by atoms with Crippen LogP contribution in [0.5, 0.6) is 17.2 Å². The van der Waals surface area contributed by atoms with E-state index < -0.39 is 29.0 Å². The second-order valence-electron chi connectivity index (χ2n) is 16.4. The predicted molar refractivity (Wildman–Crippen MR) is 230 cm³/mol. The molecule has 7 heterocycles. The van der Waals surface area contributed by atoms with E-state index in [4.69, 9.17) is 30.8 Å². The van der Waals surface area contributed by atoms with Crippen LogP contribution in [-0.4, -0.2) is 79.9 Å². The van der Waals surface area contributed by atoms with Crippen molar-refractivity contribution in [1.29, 1.82) is 0 Å². The Labute approximate surface area is 363 Å². The van der Waals surface area contributed by atoms with Crippen molar-refractivity contribution in [3.8, 4) is 39.8 Å². The first-order valence-electron chi connectivity index (χ1n) is 20.7. The number of fused-ring (bicyclic) bond motifs is 10. The summed E-state index contributed by atoms with van der Waals surface area (Å²) in [5.41, 5.74) is 1.94. The lowest BCUT2D eigenvalue weighted by Gasteiger charge is -2.49. The second kappa shape index (κ2) is 14.8. The quantitative estimate of drug-likeness (QED) is 0.127. The van der Waals surface area contributed by atoms with Crippen molar-refractivity contribution in [2.45, 2.75) is 64.4 Å². The number of esters is 1. The number of aryl methyl sites for hydroxylation is 1. The first kappa shape index (κ1) is 40.5. The number of carbonyl (C=O) groups is 2. The molecule has 3 aromatic heterocycles. The molecule has 0 spiro atoms. The summed E-state index contributed by atoms with van der Waals surface area (Å²) in [5, 5.41) is 22.7. The Balaban J connectivity index is 0.875. The second-order valence-corrected chi connectivity index (χ2v) is 16.8. The highest BCUT2D eigenvalue weighted by atomic mass is 35.5. The van der Waals surface area contributed by atoms with Crippen LogP contribution in [-0.2, 0) is 39.5 Å². The lowest BCUT2D eigenvalue weighted by atomic mass is 9.86. The molecule has 3 atom stereocenters. The van der Waals surface area contributed by atoms with Crippen molar-refractivity contribution < 1.29 is 42.8 Å². The summed E-state index contributed by atoms with van der Waals surface area (Å²) >= 11 is 6.62. The zero-order valence-corrected chi connectivity index (χ0v) is 35.2. The number of nitrogens with zero attached hydrogens (tertiary/aromatic N) is 5. The molecule has 0 aliphatic carbocycles. The Morgan fingerprint density at radius 1 is 1.06 bits per heavy atom. The van der Waals surface area contributed by atoms with Crippen molar-refractivity contribution in [3.05, 3.63) is 116 Å². The van der Waals surface area contributed by atoms with Gasteiger partial charge in [0, 0.05) is 52.2 Å². The molecular weight excluding hydrogens is 836 g/mol. The number of piperazine rings is 1. The third-order valence-corrected chi connectivity index (χ3v) is 13.2. The zero-order valence-electron chi connectivity index (χ0n) is 34.4. The maximum Gasteiger partial charge on any atom is 0.343 e. The molecule has 10 rings (SSSR count). The summed E-state index contributed by atoms with van der Waals surface area (Å²) in [5.74, 6) is -2.35. The molecule has 3 aromatic carbocycles. The molecule has 4 aliphatic rings. The summed E-state index contributed by atoms with van der Waals surface area (Å²) in [6.07, 6.45) is 2.08. The summed E-state index contributed by atoms with van der Waals surface area (Å²) in [7, 11) is 0. The van der Waals surface area contributed by atoms with Gasteiger partial charge in [-0.05, 0) is 67.8 Å². The monoisotopic (exact) mass is 875 g/mol. The lowest BCUT2D eigenvalue weighted by Crippen LogP contribution is -2.62. The standard InChI is InChI=1S/C47H40ClF2N5O8/c1-5-26-27-12-25(10-11-34(27)52-41-29(26)18-55-35(41)14-31-30(45(55)58)21-63-46(59)47(31,60)6-2)61-19-22(3)44(57)53-17-24-20-62-37-15-51-42-28(43(37)54(24)16-23(53)4)13-32(48)38(40(42)50)39-33(49)8-7-9-36(39)56/h7-15,23-24,56,60H,3,5-6,16-21H2,1-2,4H3. The molecule has 2 N–H and O–H groups in total. The number of amides is 1. The minimum Gasteiger partial charge on any atom is -0.507 e. The van der Waals surface area contributed by atoms with E-state index in [1.807, 2.05) is 26.0 Å². The van der Waals surface area contributed by atoms with E-state index in [1.54, 1.807) is 28.5 Å². The number of anilines is 1. The van der Waals surface area contributed by atoms with E-state index in [0.29, 0.717) is 52.4 Å². The van der Waals surface area contributed by atoms with Gasteiger partial charge in [-0.1, -0.05) is 38.1 Å². The number of hydrogen-bond acceptors (Lipinski definition) is 11. The Hall–Kier alpha value is -6.58. The van der Waals surface area contributed by atoms with E-state index in [1.165, 1.54) is 24.4 Å². The van der Waals surface area contributed by atoms with Crippen molar-refractivity contribution in [1.82, 2.24) is 19.4 Å². The highest BCUT2D eigenvalue weighted by molar-refractivity contribution is 6.34. The van der Waals surface area contributed by atoms with E-state index >= 15 is 4.39 Å². The molecule has 0 saturated carbocycles. The molecule has 63 heavy (non-hydrogen) atoms. The molecular formula is C47H40ClF2N5O8. The van der Waals surface area contributed by atoms with Gasteiger partial charge >= 0.3 is 5.97 Å². The maximum atomic E-state index is 16.2. The normalized spacial score (nSPS) is 19.8. The van der Waals surface area contributed by atoms with Crippen LogP contribution in [0, 0.1) is 11.6 Å². The van der Waals surface area contributed by atoms with Crippen LogP contribution in [0.25, 0.3) is 44.3 Å². The van der Waals surface area contributed by atoms with Crippen LogP contribution in [0.1, 0.15) is 49.4 Å². The Morgan fingerprint density at radius 2 is 1.87 bits per heavy atom. The van der Waals surface area contributed by atoms with Gasteiger partial charge in [-0.3, -0.25) is 9.59 Å². The van der Waals surface area contributed by atoms with Gasteiger partial charge < -0.3 is 38.8 Å². The summed E-state index contributed by atoms with van der Waals surface area (Å²) in [4.78, 5) is 53.4. The molecule has 16 heteroatoms. The first-order valence-corrected chi connectivity index (χ1v) is 21.0. The van der Waals surface area contributed by atoms with Crippen molar-refractivity contribution >= 4 is 51.0 Å². The number of aromatic hydroxyl groups is 1. The average molecular weight is 876 g/mol. The number of aromatic nitrogens is 3. The molecule has 322 valence electrons. The van der Waals surface area contributed by atoms with Gasteiger partial charge in [0.15, 0.2) is 17.2 Å². The van der Waals surface area contributed by atoms with Gasteiger partial charge in [-0.25, -0.2) is 23.5 Å². The minimum absolute atomic E-state index is 0.0482. The molecule has 13 nitrogen and oxygen atoms in total. The number of carbonyl (C=O) groups excluding carboxylic acids is 2. The minimum atomic E-state index is -1.92. The molecule has 1 amide bonds. The number of pyridine rings is 3. The Bertz CT molecular complexity index is 3060. The molecule has 0 bridgehead atoms. The number of benzene rings is 3. The first-order chi connectivity index (χ1) is 30.2. The Kier molecular flexibility index (Phi) is 9.49. The van der Waals surface area contributed by atoms with Crippen LogP contribution >= 0.6 is 11.6 Å². The fourth-order valence-corrected chi connectivity index (χ4v) is 9.90. The number of cyclic esters (lactones) is 1. The highest BCUT2D eigenvalue weighted by Gasteiger charge is 2.46. The SMILES string of the molecule is C=C(COc1ccc2nc3c(c(CC)c2c1)Cn1c-3cc2c(c1=O)COC(=O)C2(O)CC)C(=O)N1CC2COc3cnc4c(F)c(-c5c(O)cccc5F)c(Cl)cc4c3N2CC1C. The molecule has 4 aliphatic heterocycles.